The van der Waals surface area contributed by atoms with Crippen LogP contribution in [0.1, 0.15) is 5.56 Å². The fraction of sp³-hybridized carbons (Fsp3) is 0.182. The highest BCUT2D eigenvalue weighted by molar-refractivity contribution is 6.02. The minimum atomic E-state index is -0.693. The summed E-state index contributed by atoms with van der Waals surface area (Å²) in [6.45, 7) is -0.234. The summed E-state index contributed by atoms with van der Waals surface area (Å²) in [6, 6.07) is 5.15. The number of hydrogen-bond donors (Lipinski definition) is 2. The molecule has 1 aliphatic heterocycles. The quantitative estimate of drug-likeness (QED) is 0.739. The molecule has 6 nitrogen and oxygen atoms in total. The van der Waals surface area contributed by atoms with Crippen LogP contribution in [-0.4, -0.2) is 29.4 Å². The average Bonchev–Trinajstić information content (AvgIpc) is 2.61. The highest BCUT2D eigenvalue weighted by Crippen LogP contribution is 2.07. The molecule has 0 unspecified atom stereocenters. The molecule has 0 atom stereocenters. The van der Waals surface area contributed by atoms with Crippen molar-refractivity contribution in [1.29, 1.82) is 0 Å². The van der Waals surface area contributed by atoms with Gasteiger partial charge in [-0.05, 0) is 11.6 Å². The van der Waals surface area contributed by atoms with Crippen molar-refractivity contribution in [2.45, 2.75) is 6.42 Å². The van der Waals surface area contributed by atoms with Crippen molar-refractivity contribution >= 4 is 17.8 Å². The number of hydrazine groups is 1. The smallest absolute Gasteiger partial charge is 0.275 e. The Balaban J connectivity index is 1.95. The lowest BCUT2D eigenvalue weighted by Crippen LogP contribution is -2.44. The van der Waals surface area contributed by atoms with E-state index in [1.807, 2.05) is 5.32 Å². The Bertz CT molecular complexity index is 518. The molecule has 1 aromatic rings. The van der Waals surface area contributed by atoms with Crippen LogP contribution in [0.3, 0.4) is 0 Å². The first kappa shape index (κ1) is 12.0. The molecule has 1 aliphatic rings. The van der Waals surface area contributed by atoms with E-state index < -0.39 is 23.7 Å². The van der Waals surface area contributed by atoms with Crippen LogP contribution in [0.5, 0.6) is 0 Å². The van der Waals surface area contributed by atoms with Gasteiger partial charge >= 0.3 is 6.03 Å². The third kappa shape index (κ3) is 2.62. The summed E-state index contributed by atoms with van der Waals surface area (Å²) in [5.41, 5.74) is 2.45. The Morgan fingerprint density at radius 2 is 2.11 bits per heavy atom. The lowest BCUT2D eigenvalue weighted by atomic mass is 10.1. The molecule has 94 valence electrons. The lowest BCUT2D eigenvalue weighted by Gasteiger charge is -2.14. The van der Waals surface area contributed by atoms with Gasteiger partial charge in [-0.3, -0.25) is 20.3 Å². The monoisotopic (exact) mass is 251 g/mol. The molecule has 1 fully saturated rings. The molecule has 18 heavy (non-hydrogen) atoms. The van der Waals surface area contributed by atoms with Crippen LogP contribution in [-0.2, 0) is 16.0 Å². The number of hydrogen-bond acceptors (Lipinski definition) is 3. The number of nitrogens with one attached hydrogen (secondary N) is 2. The van der Waals surface area contributed by atoms with Crippen LogP contribution in [0.4, 0.5) is 9.18 Å². The maximum Gasteiger partial charge on any atom is 0.343 e. The van der Waals surface area contributed by atoms with Crippen LogP contribution < -0.4 is 10.7 Å². The summed E-state index contributed by atoms with van der Waals surface area (Å²) in [4.78, 5) is 33.6. The van der Waals surface area contributed by atoms with E-state index >= 15 is 0 Å². The Labute approximate surface area is 102 Å². The minimum Gasteiger partial charge on any atom is -0.275 e. The van der Waals surface area contributed by atoms with Gasteiger partial charge in [0.15, 0.2) is 0 Å². The second kappa shape index (κ2) is 4.82. The number of benzene rings is 1. The maximum atomic E-state index is 13.3. The van der Waals surface area contributed by atoms with Crippen LogP contribution in [0, 0.1) is 5.82 Å². The number of carbonyl (C=O) groups is 3. The highest BCUT2D eigenvalue weighted by atomic mass is 19.1. The molecule has 0 bridgehead atoms. The minimum absolute atomic E-state index is 0.204. The van der Waals surface area contributed by atoms with E-state index in [9.17, 15) is 18.8 Å². The first-order valence-corrected chi connectivity index (χ1v) is 5.20. The van der Waals surface area contributed by atoms with Gasteiger partial charge in [-0.15, -0.1) is 0 Å². The first-order chi connectivity index (χ1) is 8.56. The Morgan fingerprint density at radius 1 is 1.39 bits per heavy atom. The van der Waals surface area contributed by atoms with E-state index in [-0.39, 0.29) is 18.5 Å². The fourth-order valence-electron chi connectivity index (χ4n) is 1.54. The zero-order chi connectivity index (χ0) is 13.1. The Hall–Kier alpha value is -2.44. The predicted molar refractivity (Wildman–Crippen MR) is 58.5 cm³/mol. The summed E-state index contributed by atoms with van der Waals surface area (Å²) in [6.07, 6.45) is -0.204. The topological polar surface area (TPSA) is 78.5 Å². The molecule has 7 heteroatoms. The summed E-state index contributed by atoms with van der Waals surface area (Å²) in [5.74, 6) is -1.55. The van der Waals surface area contributed by atoms with E-state index in [1.54, 1.807) is 6.07 Å². The zero-order valence-corrected chi connectivity index (χ0v) is 9.27. The predicted octanol–water partition coefficient (Wildman–Crippen LogP) is -0.0488. The molecule has 0 radical (unpaired) electrons. The Morgan fingerprint density at radius 3 is 2.72 bits per heavy atom. The van der Waals surface area contributed by atoms with Crippen LogP contribution in [0.15, 0.2) is 24.3 Å². The SMILES string of the molecule is O=C1CN(NC(=O)Cc2ccccc2F)C(=O)N1. The van der Waals surface area contributed by atoms with E-state index in [4.69, 9.17) is 0 Å². The van der Waals surface area contributed by atoms with Crippen molar-refractivity contribution in [2.75, 3.05) is 6.54 Å². The Kier molecular flexibility index (Phi) is 3.22. The lowest BCUT2D eigenvalue weighted by molar-refractivity contribution is -0.124. The number of nitrogens with zero attached hydrogens (tertiary/aromatic N) is 1. The number of amides is 4. The molecule has 1 aromatic carbocycles. The van der Waals surface area contributed by atoms with Crippen molar-refractivity contribution < 1.29 is 18.8 Å². The molecular formula is C11H10FN3O3. The van der Waals surface area contributed by atoms with Gasteiger partial charge in [-0.2, -0.15) is 0 Å². The molecule has 0 aliphatic carbocycles. The van der Waals surface area contributed by atoms with Crippen LogP contribution >= 0.6 is 0 Å². The second-order valence-electron chi connectivity index (χ2n) is 3.74. The van der Waals surface area contributed by atoms with E-state index in [0.717, 1.165) is 5.01 Å². The molecule has 0 saturated carbocycles. The normalized spacial score (nSPS) is 14.6. The maximum absolute atomic E-state index is 13.3. The van der Waals surface area contributed by atoms with Crippen LogP contribution in [0.25, 0.3) is 0 Å². The molecule has 0 spiro atoms. The number of rotatable bonds is 3. The summed E-state index contributed by atoms with van der Waals surface area (Å²) >= 11 is 0. The summed E-state index contributed by atoms with van der Waals surface area (Å²) in [5, 5.41) is 2.86. The van der Waals surface area contributed by atoms with Gasteiger partial charge in [0.1, 0.15) is 12.4 Å². The van der Waals surface area contributed by atoms with Crippen molar-refractivity contribution in [1.82, 2.24) is 15.8 Å². The summed E-state index contributed by atoms with van der Waals surface area (Å²) in [7, 11) is 0. The van der Waals surface area contributed by atoms with Gasteiger partial charge in [0, 0.05) is 0 Å². The van der Waals surface area contributed by atoms with Gasteiger partial charge in [-0.25, -0.2) is 14.2 Å². The standard InChI is InChI=1S/C11H10FN3O3/c12-8-4-2-1-3-7(8)5-9(16)14-15-6-10(17)13-11(15)18/h1-4H,5-6H2,(H,14,16)(H,13,17,18). The molecule has 0 aromatic heterocycles. The molecule has 2 N–H and O–H groups in total. The fourth-order valence-corrected chi connectivity index (χ4v) is 1.54. The van der Waals surface area contributed by atoms with Crippen molar-refractivity contribution in [2.24, 2.45) is 0 Å². The van der Waals surface area contributed by atoms with Gasteiger partial charge in [0.05, 0.1) is 6.42 Å². The highest BCUT2D eigenvalue weighted by Gasteiger charge is 2.28. The molecule has 2 rings (SSSR count). The number of imide groups is 1. The van der Waals surface area contributed by atoms with Crippen molar-refractivity contribution in [3.05, 3.63) is 35.6 Å². The van der Waals surface area contributed by atoms with Gasteiger partial charge in [-0.1, -0.05) is 18.2 Å². The summed E-state index contributed by atoms with van der Waals surface area (Å²) < 4.78 is 13.3. The third-order valence-electron chi connectivity index (χ3n) is 2.36. The van der Waals surface area contributed by atoms with Crippen molar-refractivity contribution in [3.63, 3.8) is 0 Å². The van der Waals surface area contributed by atoms with E-state index in [1.165, 1.54) is 18.2 Å². The van der Waals surface area contributed by atoms with E-state index in [0.29, 0.717) is 0 Å². The van der Waals surface area contributed by atoms with Gasteiger partial charge in [0.2, 0.25) is 11.8 Å². The van der Waals surface area contributed by atoms with Crippen molar-refractivity contribution in [3.8, 4) is 0 Å². The number of urea groups is 1. The van der Waals surface area contributed by atoms with Gasteiger partial charge < -0.3 is 0 Å². The molecule has 1 saturated heterocycles. The van der Waals surface area contributed by atoms with Crippen LogP contribution in [0.2, 0.25) is 0 Å². The zero-order valence-electron chi connectivity index (χ0n) is 9.27. The molecular weight excluding hydrogens is 241 g/mol. The number of halogens is 1. The first-order valence-electron chi connectivity index (χ1n) is 5.20. The van der Waals surface area contributed by atoms with Gasteiger partial charge in [0.25, 0.3) is 0 Å². The average molecular weight is 251 g/mol. The second-order valence-corrected chi connectivity index (χ2v) is 3.74. The molecule has 4 amide bonds. The van der Waals surface area contributed by atoms with E-state index in [2.05, 4.69) is 5.43 Å². The largest absolute Gasteiger partial charge is 0.343 e. The third-order valence-corrected chi connectivity index (χ3v) is 2.36. The number of carbonyl (C=O) groups excluding carboxylic acids is 3. The molecule has 1 heterocycles.